The molecule has 3 aromatic rings. The second-order valence-electron chi connectivity index (χ2n) is 8.17. The number of halogens is 2. The number of nitrogens with zero attached hydrogens (tertiary/aromatic N) is 4. The van der Waals surface area contributed by atoms with Crippen molar-refractivity contribution in [1.29, 1.82) is 0 Å². The minimum absolute atomic E-state index is 0.00700. The van der Waals surface area contributed by atoms with Crippen LogP contribution in [-0.4, -0.2) is 28.8 Å². The molecule has 5 rings (SSSR count). The fourth-order valence-electron chi connectivity index (χ4n) is 4.42. The normalized spacial score (nSPS) is 18.8. The number of hydrogen-bond acceptors (Lipinski definition) is 4. The Kier molecular flexibility index (Phi) is 5.45. The number of piperidine rings is 1. The van der Waals surface area contributed by atoms with Crippen molar-refractivity contribution in [3.63, 3.8) is 0 Å². The van der Waals surface area contributed by atoms with Crippen molar-refractivity contribution in [3.05, 3.63) is 77.6 Å². The SMILES string of the molecule is Fc1cccc(F)c1C1=NC(c2ccc(-c3cnc(N4CCCCC4)nc3)cc2)CC1. The van der Waals surface area contributed by atoms with Gasteiger partial charge >= 0.3 is 0 Å². The zero-order valence-corrected chi connectivity index (χ0v) is 17.3. The van der Waals surface area contributed by atoms with E-state index in [4.69, 9.17) is 0 Å². The summed E-state index contributed by atoms with van der Waals surface area (Å²) in [6.07, 6.45) is 8.73. The highest BCUT2D eigenvalue weighted by molar-refractivity contribution is 6.02. The molecular weight excluding hydrogens is 394 g/mol. The molecule has 2 aliphatic heterocycles. The smallest absolute Gasteiger partial charge is 0.225 e. The van der Waals surface area contributed by atoms with Crippen LogP contribution in [0, 0.1) is 11.6 Å². The van der Waals surface area contributed by atoms with E-state index in [2.05, 4.69) is 19.9 Å². The van der Waals surface area contributed by atoms with E-state index >= 15 is 0 Å². The summed E-state index contributed by atoms with van der Waals surface area (Å²) in [5, 5.41) is 0. The summed E-state index contributed by atoms with van der Waals surface area (Å²) >= 11 is 0. The Bertz CT molecular complexity index is 1070. The minimum atomic E-state index is -0.553. The first kappa shape index (κ1) is 19.8. The van der Waals surface area contributed by atoms with Crippen molar-refractivity contribution in [3.8, 4) is 11.1 Å². The summed E-state index contributed by atoms with van der Waals surface area (Å²) in [5.41, 5.74) is 3.56. The summed E-state index contributed by atoms with van der Waals surface area (Å²) in [4.78, 5) is 16.0. The lowest BCUT2D eigenvalue weighted by atomic mass is 10.0. The summed E-state index contributed by atoms with van der Waals surface area (Å²) in [7, 11) is 0. The van der Waals surface area contributed by atoms with Crippen molar-refractivity contribution >= 4 is 11.7 Å². The fraction of sp³-hybridized carbons (Fsp3) is 0.320. The number of rotatable bonds is 4. The maximum absolute atomic E-state index is 14.1. The van der Waals surface area contributed by atoms with E-state index in [9.17, 15) is 8.78 Å². The first-order chi connectivity index (χ1) is 15.2. The third kappa shape index (κ3) is 4.07. The van der Waals surface area contributed by atoms with Gasteiger partial charge in [0.25, 0.3) is 0 Å². The van der Waals surface area contributed by atoms with Gasteiger partial charge in [0.05, 0.1) is 11.6 Å². The topological polar surface area (TPSA) is 41.4 Å². The predicted molar refractivity (Wildman–Crippen MR) is 118 cm³/mol. The second kappa shape index (κ2) is 8.53. The van der Waals surface area contributed by atoms with Crippen molar-refractivity contribution in [2.24, 2.45) is 4.99 Å². The molecule has 1 fully saturated rings. The van der Waals surface area contributed by atoms with Crippen LogP contribution in [0.3, 0.4) is 0 Å². The van der Waals surface area contributed by atoms with Crippen LogP contribution < -0.4 is 4.90 Å². The largest absolute Gasteiger partial charge is 0.341 e. The van der Waals surface area contributed by atoms with Crippen LogP contribution in [0.4, 0.5) is 14.7 Å². The molecule has 1 unspecified atom stereocenters. The van der Waals surface area contributed by atoms with Crippen LogP contribution in [0.5, 0.6) is 0 Å². The van der Waals surface area contributed by atoms with Crippen LogP contribution in [0.1, 0.15) is 49.3 Å². The van der Waals surface area contributed by atoms with Gasteiger partial charge in [-0.2, -0.15) is 0 Å². The Hall–Kier alpha value is -3.15. The van der Waals surface area contributed by atoms with Gasteiger partial charge in [0.2, 0.25) is 5.95 Å². The van der Waals surface area contributed by atoms with Gasteiger partial charge in [-0.15, -0.1) is 0 Å². The lowest BCUT2D eigenvalue weighted by molar-refractivity contribution is 0.568. The molecule has 0 bridgehead atoms. The molecule has 1 aromatic heterocycles. The quantitative estimate of drug-likeness (QED) is 0.543. The first-order valence-electron chi connectivity index (χ1n) is 10.9. The van der Waals surface area contributed by atoms with Crippen LogP contribution in [-0.2, 0) is 0 Å². The van der Waals surface area contributed by atoms with E-state index < -0.39 is 11.6 Å². The van der Waals surface area contributed by atoms with Crippen molar-refractivity contribution in [2.75, 3.05) is 18.0 Å². The van der Waals surface area contributed by atoms with Crippen molar-refractivity contribution in [1.82, 2.24) is 9.97 Å². The average Bonchev–Trinajstić information content (AvgIpc) is 3.30. The summed E-state index contributed by atoms with van der Waals surface area (Å²) in [6, 6.07) is 12.0. The molecule has 1 saturated heterocycles. The van der Waals surface area contributed by atoms with Crippen molar-refractivity contribution in [2.45, 2.75) is 38.1 Å². The van der Waals surface area contributed by atoms with Gasteiger partial charge in [-0.3, -0.25) is 4.99 Å². The van der Waals surface area contributed by atoms with Gasteiger partial charge in [-0.25, -0.2) is 18.7 Å². The van der Waals surface area contributed by atoms with Crippen molar-refractivity contribution < 1.29 is 8.78 Å². The second-order valence-corrected chi connectivity index (χ2v) is 8.17. The summed E-state index contributed by atoms with van der Waals surface area (Å²) in [5.74, 6) is -0.307. The number of aromatic nitrogens is 2. The molecule has 2 aromatic carbocycles. The molecule has 158 valence electrons. The van der Waals surface area contributed by atoms with Gasteiger partial charge in [-0.05, 0) is 55.4 Å². The molecule has 2 aliphatic rings. The van der Waals surface area contributed by atoms with Gasteiger partial charge in [-0.1, -0.05) is 30.3 Å². The summed E-state index contributed by atoms with van der Waals surface area (Å²) in [6.45, 7) is 2.05. The molecule has 6 heteroatoms. The van der Waals surface area contributed by atoms with Crippen LogP contribution in [0.25, 0.3) is 11.1 Å². The minimum Gasteiger partial charge on any atom is -0.341 e. The highest BCUT2D eigenvalue weighted by Crippen LogP contribution is 2.33. The Labute approximate surface area is 180 Å². The maximum Gasteiger partial charge on any atom is 0.225 e. The number of anilines is 1. The average molecular weight is 418 g/mol. The Morgan fingerprint density at radius 3 is 2.16 bits per heavy atom. The van der Waals surface area contributed by atoms with Crippen LogP contribution in [0.15, 0.2) is 59.9 Å². The standard InChI is InChI=1S/C25H24F2N4/c26-20-5-4-6-21(27)24(20)23-12-11-22(30-23)18-9-7-17(8-10-18)19-15-28-25(29-16-19)31-13-2-1-3-14-31/h4-10,15-16,22H,1-3,11-14H2. The molecule has 4 nitrogen and oxygen atoms in total. The van der Waals surface area contributed by atoms with E-state index in [-0.39, 0.29) is 11.6 Å². The predicted octanol–water partition coefficient (Wildman–Crippen LogP) is 5.74. The highest BCUT2D eigenvalue weighted by atomic mass is 19.1. The maximum atomic E-state index is 14.1. The molecule has 0 radical (unpaired) electrons. The molecule has 0 spiro atoms. The molecule has 31 heavy (non-hydrogen) atoms. The Morgan fingerprint density at radius 1 is 0.806 bits per heavy atom. The van der Waals surface area contributed by atoms with E-state index in [1.54, 1.807) is 0 Å². The Morgan fingerprint density at radius 2 is 1.48 bits per heavy atom. The zero-order chi connectivity index (χ0) is 21.2. The van der Waals surface area contributed by atoms with E-state index in [0.29, 0.717) is 12.1 Å². The number of hydrogen-bond donors (Lipinski definition) is 0. The Balaban J connectivity index is 1.32. The molecule has 1 atom stereocenters. The summed E-state index contributed by atoms with van der Waals surface area (Å²) < 4.78 is 28.2. The van der Waals surface area contributed by atoms with E-state index in [0.717, 1.165) is 42.1 Å². The first-order valence-corrected chi connectivity index (χ1v) is 10.9. The third-order valence-electron chi connectivity index (χ3n) is 6.12. The van der Waals surface area contributed by atoms with Gasteiger partial charge < -0.3 is 4.90 Å². The number of aliphatic imine (C=N–C) groups is 1. The number of benzene rings is 2. The third-order valence-corrected chi connectivity index (χ3v) is 6.12. The molecule has 0 amide bonds. The lowest BCUT2D eigenvalue weighted by Crippen LogP contribution is -2.30. The van der Waals surface area contributed by atoms with Gasteiger partial charge in [0.15, 0.2) is 0 Å². The molecule has 0 saturated carbocycles. The van der Waals surface area contributed by atoms with Crippen LogP contribution in [0.2, 0.25) is 0 Å². The molecule has 3 heterocycles. The molecular formula is C25H24F2N4. The highest BCUT2D eigenvalue weighted by Gasteiger charge is 2.24. The van der Waals surface area contributed by atoms with E-state index in [1.807, 2.05) is 36.7 Å². The monoisotopic (exact) mass is 418 g/mol. The lowest BCUT2D eigenvalue weighted by Gasteiger charge is -2.26. The van der Waals surface area contributed by atoms with Gasteiger partial charge in [0.1, 0.15) is 11.6 Å². The molecule has 0 aliphatic carbocycles. The van der Waals surface area contributed by atoms with Crippen LogP contribution >= 0.6 is 0 Å². The van der Waals surface area contributed by atoms with Gasteiger partial charge in [0, 0.05) is 36.8 Å². The fourth-order valence-corrected chi connectivity index (χ4v) is 4.42. The van der Waals surface area contributed by atoms with E-state index in [1.165, 1.54) is 37.5 Å². The molecule has 0 N–H and O–H groups in total. The zero-order valence-electron chi connectivity index (χ0n) is 17.3.